The lowest BCUT2D eigenvalue weighted by Gasteiger charge is -2.09. The van der Waals surface area contributed by atoms with Crippen molar-refractivity contribution in [2.45, 2.75) is 26.7 Å². The van der Waals surface area contributed by atoms with Crippen LogP contribution in [0.1, 0.15) is 31.2 Å². The molecule has 0 aliphatic heterocycles. The van der Waals surface area contributed by atoms with E-state index in [1.165, 1.54) is 5.56 Å². The standard InChI is InChI=1S/C13H15N3S/c1-8(2)13-15-11(6-12(17)16-13)10-7-14-5-4-9(10)3/h4-8H,1-3H3,(H,15,16,17). The Labute approximate surface area is 106 Å². The Kier molecular flexibility index (Phi) is 3.33. The highest BCUT2D eigenvalue weighted by molar-refractivity contribution is 7.71. The van der Waals surface area contributed by atoms with Gasteiger partial charge in [-0.25, -0.2) is 4.98 Å². The van der Waals surface area contributed by atoms with Crippen molar-refractivity contribution in [1.82, 2.24) is 15.0 Å². The summed E-state index contributed by atoms with van der Waals surface area (Å²) in [5.41, 5.74) is 3.23. The zero-order valence-electron chi connectivity index (χ0n) is 10.2. The third-order valence-electron chi connectivity index (χ3n) is 2.64. The number of pyridine rings is 1. The van der Waals surface area contributed by atoms with Crippen LogP contribution < -0.4 is 0 Å². The van der Waals surface area contributed by atoms with Crippen LogP contribution in [0.2, 0.25) is 0 Å². The lowest BCUT2D eigenvalue weighted by molar-refractivity contribution is 0.773. The zero-order chi connectivity index (χ0) is 12.4. The normalized spacial score (nSPS) is 10.8. The fraction of sp³-hybridized carbons (Fsp3) is 0.308. The van der Waals surface area contributed by atoms with Gasteiger partial charge in [0.1, 0.15) is 10.5 Å². The van der Waals surface area contributed by atoms with Crippen LogP contribution >= 0.6 is 12.2 Å². The molecular weight excluding hydrogens is 230 g/mol. The van der Waals surface area contributed by atoms with Gasteiger partial charge >= 0.3 is 0 Å². The van der Waals surface area contributed by atoms with Gasteiger partial charge in [-0.1, -0.05) is 26.1 Å². The van der Waals surface area contributed by atoms with Crippen LogP contribution in [0.3, 0.4) is 0 Å². The molecule has 4 heteroatoms. The average molecular weight is 245 g/mol. The van der Waals surface area contributed by atoms with Crippen molar-refractivity contribution in [2.24, 2.45) is 0 Å². The van der Waals surface area contributed by atoms with Crippen molar-refractivity contribution in [1.29, 1.82) is 0 Å². The van der Waals surface area contributed by atoms with Gasteiger partial charge in [0, 0.05) is 23.9 Å². The molecule has 2 rings (SSSR count). The number of hydrogen-bond donors (Lipinski definition) is 1. The number of nitrogens with zero attached hydrogens (tertiary/aromatic N) is 2. The molecule has 0 radical (unpaired) electrons. The van der Waals surface area contributed by atoms with Crippen molar-refractivity contribution in [2.75, 3.05) is 0 Å². The first-order chi connectivity index (χ1) is 8.08. The van der Waals surface area contributed by atoms with Gasteiger partial charge in [-0.05, 0) is 24.6 Å². The Morgan fingerprint density at radius 1 is 1.35 bits per heavy atom. The highest BCUT2D eigenvalue weighted by Crippen LogP contribution is 2.21. The summed E-state index contributed by atoms with van der Waals surface area (Å²) in [6.07, 6.45) is 3.64. The number of rotatable bonds is 2. The molecule has 0 atom stereocenters. The molecule has 0 spiro atoms. The minimum Gasteiger partial charge on any atom is -0.343 e. The third-order valence-corrected chi connectivity index (χ3v) is 2.85. The lowest BCUT2D eigenvalue weighted by Crippen LogP contribution is -2.00. The molecule has 0 amide bonds. The number of aryl methyl sites for hydroxylation is 1. The van der Waals surface area contributed by atoms with Gasteiger partial charge in [-0.2, -0.15) is 0 Å². The smallest absolute Gasteiger partial charge is 0.130 e. The first kappa shape index (κ1) is 11.9. The van der Waals surface area contributed by atoms with Gasteiger partial charge in [0.2, 0.25) is 0 Å². The molecule has 0 aliphatic rings. The van der Waals surface area contributed by atoms with Crippen LogP contribution in [-0.2, 0) is 0 Å². The van der Waals surface area contributed by atoms with Crippen molar-refractivity contribution in [3.05, 3.63) is 40.6 Å². The molecule has 1 N–H and O–H groups in total. The van der Waals surface area contributed by atoms with Crippen LogP contribution in [0.25, 0.3) is 11.3 Å². The van der Waals surface area contributed by atoms with Gasteiger partial charge < -0.3 is 4.98 Å². The molecule has 0 aliphatic carbocycles. The first-order valence-electron chi connectivity index (χ1n) is 5.60. The molecule has 2 aromatic rings. The van der Waals surface area contributed by atoms with Crippen LogP contribution in [0.4, 0.5) is 0 Å². The maximum Gasteiger partial charge on any atom is 0.130 e. The van der Waals surface area contributed by atoms with Crippen LogP contribution in [0, 0.1) is 11.6 Å². The summed E-state index contributed by atoms with van der Waals surface area (Å²) in [5.74, 6) is 1.24. The Bertz CT molecular complexity index is 587. The fourth-order valence-corrected chi connectivity index (χ4v) is 1.86. The molecule has 0 saturated carbocycles. The minimum atomic E-state index is 0.327. The molecule has 0 fully saturated rings. The number of H-pyrrole nitrogens is 1. The molecular formula is C13H15N3S. The molecule has 0 saturated heterocycles. The molecule has 0 aromatic carbocycles. The van der Waals surface area contributed by atoms with Crippen molar-refractivity contribution in [3.63, 3.8) is 0 Å². The third kappa shape index (κ3) is 2.58. The van der Waals surface area contributed by atoms with E-state index < -0.39 is 0 Å². The van der Waals surface area contributed by atoms with Gasteiger partial charge in [-0.15, -0.1) is 0 Å². The van der Waals surface area contributed by atoms with Crippen LogP contribution in [0.15, 0.2) is 24.5 Å². The quantitative estimate of drug-likeness (QED) is 0.821. The lowest BCUT2D eigenvalue weighted by atomic mass is 10.1. The second kappa shape index (κ2) is 4.75. The summed E-state index contributed by atoms with van der Waals surface area (Å²) >= 11 is 5.20. The average Bonchev–Trinajstić information content (AvgIpc) is 2.28. The second-order valence-electron chi connectivity index (χ2n) is 4.36. The predicted octanol–water partition coefficient (Wildman–Crippen LogP) is 3.63. The van der Waals surface area contributed by atoms with E-state index in [0.29, 0.717) is 10.6 Å². The first-order valence-corrected chi connectivity index (χ1v) is 6.01. The topological polar surface area (TPSA) is 41.6 Å². The Hall–Kier alpha value is -1.55. The van der Waals surface area contributed by atoms with E-state index >= 15 is 0 Å². The zero-order valence-corrected chi connectivity index (χ0v) is 11.0. The monoisotopic (exact) mass is 245 g/mol. The Morgan fingerprint density at radius 2 is 2.12 bits per heavy atom. The summed E-state index contributed by atoms with van der Waals surface area (Å²) in [6.45, 7) is 6.24. The van der Waals surface area contributed by atoms with Crippen LogP contribution in [-0.4, -0.2) is 15.0 Å². The van der Waals surface area contributed by atoms with Crippen molar-refractivity contribution in [3.8, 4) is 11.3 Å². The molecule has 3 nitrogen and oxygen atoms in total. The van der Waals surface area contributed by atoms with E-state index in [9.17, 15) is 0 Å². The van der Waals surface area contributed by atoms with Crippen molar-refractivity contribution < 1.29 is 0 Å². The predicted molar refractivity (Wildman–Crippen MR) is 71.5 cm³/mol. The number of nitrogens with one attached hydrogen (secondary N) is 1. The highest BCUT2D eigenvalue weighted by atomic mass is 32.1. The summed E-state index contributed by atoms with van der Waals surface area (Å²) in [6, 6.07) is 3.87. The molecule has 2 aromatic heterocycles. The number of hydrogen-bond acceptors (Lipinski definition) is 3. The summed E-state index contributed by atoms with van der Waals surface area (Å²) < 4.78 is 0.616. The van der Waals surface area contributed by atoms with E-state index in [1.54, 1.807) is 6.20 Å². The van der Waals surface area contributed by atoms with E-state index in [1.807, 2.05) is 18.3 Å². The highest BCUT2D eigenvalue weighted by Gasteiger charge is 2.07. The largest absolute Gasteiger partial charge is 0.343 e. The summed E-state index contributed by atoms with van der Waals surface area (Å²) in [7, 11) is 0. The van der Waals surface area contributed by atoms with Crippen LogP contribution in [0.5, 0.6) is 0 Å². The summed E-state index contributed by atoms with van der Waals surface area (Å²) in [5, 5.41) is 0. The fourth-order valence-electron chi connectivity index (χ4n) is 1.64. The maximum absolute atomic E-state index is 5.20. The molecule has 0 bridgehead atoms. The van der Waals surface area contributed by atoms with Gasteiger partial charge in [0.05, 0.1) is 5.69 Å². The Balaban J connectivity index is 2.60. The maximum atomic E-state index is 5.20. The van der Waals surface area contributed by atoms with E-state index in [4.69, 9.17) is 12.2 Å². The Morgan fingerprint density at radius 3 is 2.76 bits per heavy atom. The van der Waals surface area contributed by atoms with E-state index in [-0.39, 0.29) is 0 Å². The minimum absolute atomic E-state index is 0.327. The van der Waals surface area contributed by atoms with E-state index in [2.05, 4.69) is 35.7 Å². The SMILES string of the molecule is Cc1ccncc1-c1cc(=S)nc(C(C)C)[nH]1. The van der Waals surface area contributed by atoms with Gasteiger partial charge in [-0.3, -0.25) is 4.98 Å². The molecule has 2 heterocycles. The molecule has 0 unspecified atom stereocenters. The number of aromatic nitrogens is 3. The van der Waals surface area contributed by atoms with E-state index in [0.717, 1.165) is 17.1 Å². The molecule has 88 valence electrons. The summed E-state index contributed by atoms with van der Waals surface area (Å²) in [4.78, 5) is 11.8. The van der Waals surface area contributed by atoms with Crippen molar-refractivity contribution >= 4 is 12.2 Å². The van der Waals surface area contributed by atoms with Gasteiger partial charge in [0.25, 0.3) is 0 Å². The van der Waals surface area contributed by atoms with Gasteiger partial charge in [0.15, 0.2) is 0 Å². The number of aromatic amines is 1. The second-order valence-corrected chi connectivity index (χ2v) is 4.78. The molecule has 17 heavy (non-hydrogen) atoms.